The molecule has 2 aliphatic rings. The van der Waals surface area contributed by atoms with E-state index in [1.54, 1.807) is 36.3 Å². The van der Waals surface area contributed by atoms with Crippen LogP contribution >= 0.6 is 0 Å². The number of hydrogen-bond donors (Lipinski definition) is 0. The highest BCUT2D eigenvalue weighted by atomic mass is 19.1. The van der Waals surface area contributed by atoms with Crippen LogP contribution in [0, 0.1) is 5.82 Å². The zero-order valence-electron chi connectivity index (χ0n) is 18.2. The predicted octanol–water partition coefficient (Wildman–Crippen LogP) is 2.13. The molecule has 0 bridgehead atoms. The second-order valence-corrected chi connectivity index (χ2v) is 8.07. The third-order valence-corrected chi connectivity index (χ3v) is 5.98. The summed E-state index contributed by atoms with van der Waals surface area (Å²) in [5, 5.41) is 0. The average molecular weight is 442 g/mol. The lowest BCUT2D eigenvalue weighted by molar-refractivity contribution is -0.0399. The molecule has 2 amide bonds. The highest BCUT2D eigenvalue weighted by molar-refractivity contribution is 5.94. The first kappa shape index (κ1) is 22.2. The van der Waals surface area contributed by atoms with Gasteiger partial charge in [-0.2, -0.15) is 0 Å². The standard InChI is InChI=1S/C24H28FN3O4/c1-31-21-8-4-19(5-9-21)23(29)27-12-10-26(11-13-27)16-22-17-28(14-15-32-22)24(30)18-2-6-20(25)7-3-18/h2-9,22H,10-17H2,1H3/t22-/m0/s1. The predicted molar refractivity (Wildman–Crippen MR) is 117 cm³/mol. The van der Waals surface area contributed by atoms with Gasteiger partial charge in [-0.15, -0.1) is 0 Å². The number of methoxy groups -OCH3 is 1. The molecule has 2 fully saturated rings. The van der Waals surface area contributed by atoms with E-state index in [9.17, 15) is 14.0 Å². The highest BCUT2D eigenvalue weighted by Crippen LogP contribution is 2.16. The Hall–Kier alpha value is -2.97. The molecule has 2 saturated heterocycles. The maximum Gasteiger partial charge on any atom is 0.254 e. The van der Waals surface area contributed by atoms with Crippen LogP contribution in [0.3, 0.4) is 0 Å². The third-order valence-electron chi connectivity index (χ3n) is 5.98. The van der Waals surface area contributed by atoms with Gasteiger partial charge in [-0.25, -0.2) is 4.39 Å². The molecule has 0 spiro atoms. The summed E-state index contributed by atoms with van der Waals surface area (Å²) >= 11 is 0. The van der Waals surface area contributed by atoms with Crippen LogP contribution in [0.2, 0.25) is 0 Å². The van der Waals surface area contributed by atoms with E-state index in [2.05, 4.69) is 4.90 Å². The second kappa shape index (κ2) is 10.1. The minimum Gasteiger partial charge on any atom is -0.497 e. The van der Waals surface area contributed by atoms with Gasteiger partial charge in [0.25, 0.3) is 11.8 Å². The molecule has 0 aliphatic carbocycles. The Morgan fingerprint density at radius 2 is 1.50 bits per heavy atom. The first-order chi connectivity index (χ1) is 15.5. The van der Waals surface area contributed by atoms with Crippen molar-refractivity contribution >= 4 is 11.8 Å². The molecular formula is C24H28FN3O4. The summed E-state index contributed by atoms with van der Waals surface area (Å²) in [4.78, 5) is 31.4. The molecule has 4 rings (SSSR count). The van der Waals surface area contributed by atoms with Gasteiger partial charge in [0.05, 0.1) is 19.8 Å². The van der Waals surface area contributed by atoms with Gasteiger partial charge in [0, 0.05) is 56.9 Å². The number of hydrogen-bond acceptors (Lipinski definition) is 5. The Kier molecular flexibility index (Phi) is 7.02. The molecule has 2 aromatic rings. The maximum atomic E-state index is 13.1. The summed E-state index contributed by atoms with van der Waals surface area (Å²) in [5.41, 5.74) is 1.14. The SMILES string of the molecule is COc1ccc(C(=O)N2CCN(C[C@H]3CN(C(=O)c4ccc(F)cc4)CCO3)CC2)cc1. The van der Waals surface area contributed by atoms with Crippen LogP contribution in [0.5, 0.6) is 5.75 Å². The van der Waals surface area contributed by atoms with Crippen molar-refractivity contribution in [3.8, 4) is 5.75 Å². The van der Waals surface area contributed by atoms with Crippen molar-refractivity contribution in [2.45, 2.75) is 6.10 Å². The molecule has 2 heterocycles. The molecule has 1 atom stereocenters. The minimum atomic E-state index is -0.356. The Morgan fingerprint density at radius 3 is 2.12 bits per heavy atom. The summed E-state index contributed by atoms with van der Waals surface area (Å²) in [6.07, 6.45) is -0.0861. The van der Waals surface area contributed by atoms with E-state index in [4.69, 9.17) is 9.47 Å². The molecular weight excluding hydrogens is 413 g/mol. The Morgan fingerprint density at radius 1 is 0.906 bits per heavy atom. The van der Waals surface area contributed by atoms with Crippen LogP contribution in [-0.2, 0) is 4.74 Å². The quantitative estimate of drug-likeness (QED) is 0.712. The topological polar surface area (TPSA) is 62.3 Å². The van der Waals surface area contributed by atoms with E-state index < -0.39 is 0 Å². The molecule has 8 heteroatoms. The summed E-state index contributed by atoms with van der Waals surface area (Å²) < 4.78 is 24.2. The van der Waals surface area contributed by atoms with Crippen LogP contribution in [-0.4, -0.2) is 92.1 Å². The second-order valence-electron chi connectivity index (χ2n) is 8.07. The van der Waals surface area contributed by atoms with Gasteiger partial charge >= 0.3 is 0 Å². The van der Waals surface area contributed by atoms with Crippen LogP contribution in [0.25, 0.3) is 0 Å². The first-order valence-electron chi connectivity index (χ1n) is 10.9. The van der Waals surface area contributed by atoms with Gasteiger partial charge < -0.3 is 19.3 Å². The van der Waals surface area contributed by atoms with Crippen molar-refractivity contribution in [2.24, 2.45) is 0 Å². The summed E-state index contributed by atoms with van der Waals surface area (Å²) in [6, 6.07) is 12.8. The molecule has 0 radical (unpaired) electrons. The van der Waals surface area contributed by atoms with Crippen molar-refractivity contribution in [2.75, 3.05) is 59.5 Å². The molecule has 32 heavy (non-hydrogen) atoms. The zero-order valence-corrected chi connectivity index (χ0v) is 18.2. The molecule has 2 aliphatic heterocycles. The Bertz CT molecular complexity index is 927. The fraction of sp³-hybridized carbons (Fsp3) is 0.417. The number of halogens is 1. The number of morpholine rings is 1. The summed E-state index contributed by atoms with van der Waals surface area (Å²) in [5.74, 6) is 0.294. The Labute approximate surface area is 187 Å². The van der Waals surface area contributed by atoms with E-state index >= 15 is 0 Å². The number of carbonyl (C=O) groups is 2. The van der Waals surface area contributed by atoms with Gasteiger partial charge in [0.1, 0.15) is 11.6 Å². The molecule has 0 N–H and O–H groups in total. The molecule has 170 valence electrons. The summed E-state index contributed by atoms with van der Waals surface area (Å²) in [6.45, 7) is 5.02. The van der Waals surface area contributed by atoms with Gasteiger partial charge in [0.15, 0.2) is 0 Å². The van der Waals surface area contributed by atoms with E-state index in [0.717, 1.165) is 18.8 Å². The first-order valence-corrected chi connectivity index (χ1v) is 10.9. The van der Waals surface area contributed by atoms with E-state index in [1.165, 1.54) is 24.3 Å². The monoisotopic (exact) mass is 441 g/mol. The fourth-order valence-electron chi connectivity index (χ4n) is 4.13. The Balaban J connectivity index is 1.26. The van der Waals surface area contributed by atoms with E-state index in [1.807, 2.05) is 4.90 Å². The molecule has 0 unspecified atom stereocenters. The lowest BCUT2D eigenvalue weighted by atomic mass is 10.1. The zero-order chi connectivity index (χ0) is 22.5. The molecule has 0 aromatic heterocycles. The number of amides is 2. The van der Waals surface area contributed by atoms with Gasteiger partial charge in [-0.05, 0) is 48.5 Å². The van der Waals surface area contributed by atoms with Crippen molar-refractivity contribution in [3.05, 3.63) is 65.5 Å². The van der Waals surface area contributed by atoms with Crippen LogP contribution < -0.4 is 4.74 Å². The number of nitrogens with zero attached hydrogens (tertiary/aromatic N) is 3. The van der Waals surface area contributed by atoms with Crippen LogP contribution in [0.15, 0.2) is 48.5 Å². The van der Waals surface area contributed by atoms with Crippen molar-refractivity contribution in [1.29, 1.82) is 0 Å². The number of benzene rings is 2. The summed E-state index contributed by atoms with van der Waals surface area (Å²) in [7, 11) is 1.60. The smallest absolute Gasteiger partial charge is 0.254 e. The fourth-order valence-corrected chi connectivity index (χ4v) is 4.13. The van der Waals surface area contributed by atoms with Crippen molar-refractivity contribution in [1.82, 2.24) is 14.7 Å². The number of carbonyl (C=O) groups excluding carboxylic acids is 2. The van der Waals surface area contributed by atoms with Crippen LogP contribution in [0.4, 0.5) is 4.39 Å². The molecule has 0 saturated carbocycles. The number of ether oxygens (including phenoxy) is 2. The maximum absolute atomic E-state index is 13.1. The normalized spacial score (nSPS) is 19.6. The third kappa shape index (κ3) is 5.26. The van der Waals surface area contributed by atoms with Crippen LogP contribution in [0.1, 0.15) is 20.7 Å². The molecule has 2 aromatic carbocycles. The van der Waals surface area contributed by atoms with E-state index in [-0.39, 0.29) is 23.7 Å². The van der Waals surface area contributed by atoms with Gasteiger partial charge in [-0.1, -0.05) is 0 Å². The van der Waals surface area contributed by atoms with Crippen molar-refractivity contribution in [3.63, 3.8) is 0 Å². The van der Waals surface area contributed by atoms with E-state index in [0.29, 0.717) is 50.5 Å². The largest absolute Gasteiger partial charge is 0.497 e. The highest BCUT2D eigenvalue weighted by Gasteiger charge is 2.29. The average Bonchev–Trinajstić information content (AvgIpc) is 2.84. The van der Waals surface area contributed by atoms with Crippen molar-refractivity contribution < 1.29 is 23.5 Å². The van der Waals surface area contributed by atoms with Gasteiger partial charge in [-0.3, -0.25) is 14.5 Å². The number of rotatable bonds is 5. The molecule has 7 nitrogen and oxygen atoms in total. The number of piperazine rings is 1. The minimum absolute atomic E-state index is 0.0253. The lowest BCUT2D eigenvalue weighted by Gasteiger charge is -2.39. The van der Waals surface area contributed by atoms with Gasteiger partial charge in [0.2, 0.25) is 0 Å². The lowest BCUT2D eigenvalue weighted by Crippen LogP contribution is -2.54.